The molecule has 2 amide bonds. The summed E-state index contributed by atoms with van der Waals surface area (Å²) in [5.74, 6) is -2.27. The Hall–Kier alpha value is -4.22. The van der Waals surface area contributed by atoms with Crippen LogP contribution in [0.25, 0.3) is 10.6 Å². The molecule has 9 nitrogen and oxygen atoms in total. The molecule has 4 rings (SSSR count). The van der Waals surface area contributed by atoms with E-state index in [4.69, 9.17) is 4.74 Å². The van der Waals surface area contributed by atoms with Crippen LogP contribution in [0.15, 0.2) is 88.4 Å². The van der Waals surface area contributed by atoms with Crippen LogP contribution in [0.4, 0.5) is 5.13 Å². The number of carbonyl (C=O) groups is 3. The standard InChI is InChI=1S/C24H16BrN5O4S/c25-18-11-12-19(34-23(33)16-9-5-2-6-10-16)17(13-18)14-26-28-21(32)20(31)27-24-30-29-22(35-24)15-7-3-1-4-8-15/h1-14H,(H,28,32)(H,27,30,31)/b26-14-. The van der Waals surface area contributed by atoms with Crippen LogP contribution >= 0.6 is 27.3 Å². The number of nitrogens with zero attached hydrogens (tertiary/aromatic N) is 3. The molecule has 0 aliphatic rings. The van der Waals surface area contributed by atoms with Gasteiger partial charge in [-0.05, 0) is 30.3 Å². The number of anilines is 1. The summed E-state index contributed by atoms with van der Waals surface area (Å²) in [7, 11) is 0. The van der Waals surface area contributed by atoms with Crippen LogP contribution in [-0.2, 0) is 9.59 Å². The van der Waals surface area contributed by atoms with E-state index >= 15 is 0 Å². The van der Waals surface area contributed by atoms with Crippen molar-refractivity contribution in [2.75, 3.05) is 5.32 Å². The van der Waals surface area contributed by atoms with Crippen molar-refractivity contribution in [2.45, 2.75) is 0 Å². The van der Waals surface area contributed by atoms with Crippen molar-refractivity contribution in [3.63, 3.8) is 0 Å². The molecule has 0 aliphatic heterocycles. The van der Waals surface area contributed by atoms with E-state index in [-0.39, 0.29) is 10.9 Å². The Morgan fingerprint density at radius 3 is 2.37 bits per heavy atom. The first kappa shape index (κ1) is 23.9. The van der Waals surface area contributed by atoms with Gasteiger partial charge in [-0.15, -0.1) is 10.2 Å². The summed E-state index contributed by atoms with van der Waals surface area (Å²) in [6.07, 6.45) is 1.27. The third kappa shape index (κ3) is 6.43. The van der Waals surface area contributed by atoms with Crippen LogP contribution in [0.1, 0.15) is 15.9 Å². The average Bonchev–Trinajstić information content (AvgIpc) is 3.35. The number of halogens is 1. The Labute approximate surface area is 212 Å². The first-order chi connectivity index (χ1) is 17.0. The molecule has 3 aromatic carbocycles. The highest BCUT2D eigenvalue weighted by molar-refractivity contribution is 9.10. The van der Waals surface area contributed by atoms with Crippen molar-refractivity contribution in [3.05, 3.63) is 94.5 Å². The summed E-state index contributed by atoms with van der Waals surface area (Å²) in [4.78, 5) is 36.7. The molecule has 0 radical (unpaired) electrons. The maximum absolute atomic E-state index is 12.4. The Balaban J connectivity index is 1.37. The predicted octanol–water partition coefficient (Wildman–Crippen LogP) is 4.28. The molecule has 0 saturated carbocycles. The summed E-state index contributed by atoms with van der Waals surface area (Å²) in [6, 6.07) is 22.8. The fraction of sp³-hybridized carbons (Fsp3) is 0. The number of carbonyl (C=O) groups excluding carboxylic acids is 3. The highest BCUT2D eigenvalue weighted by Gasteiger charge is 2.16. The molecule has 0 saturated heterocycles. The molecular weight excluding hydrogens is 534 g/mol. The molecule has 1 heterocycles. The number of benzene rings is 3. The Morgan fingerprint density at radius 1 is 0.914 bits per heavy atom. The zero-order chi connectivity index (χ0) is 24.6. The first-order valence-corrected chi connectivity index (χ1v) is 11.7. The van der Waals surface area contributed by atoms with Crippen LogP contribution < -0.4 is 15.5 Å². The number of hydrogen-bond donors (Lipinski definition) is 2. The average molecular weight is 550 g/mol. The third-order valence-electron chi connectivity index (χ3n) is 4.43. The van der Waals surface area contributed by atoms with E-state index in [1.807, 2.05) is 30.3 Å². The molecule has 0 fully saturated rings. The molecule has 0 unspecified atom stereocenters. The number of ether oxygens (including phenoxy) is 1. The second-order valence-corrected chi connectivity index (χ2v) is 8.76. The SMILES string of the molecule is O=C(N/N=C\c1cc(Br)ccc1OC(=O)c1ccccc1)C(=O)Nc1nnc(-c2ccccc2)s1. The number of hydrazone groups is 1. The van der Waals surface area contributed by atoms with E-state index < -0.39 is 17.8 Å². The molecule has 174 valence electrons. The van der Waals surface area contributed by atoms with Gasteiger partial charge in [-0.3, -0.25) is 14.9 Å². The Bertz CT molecular complexity index is 1390. The Morgan fingerprint density at radius 2 is 1.63 bits per heavy atom. The number of amides is 2. The zero-order valence-electron chi connectivity index (χ0n) is 17.8. The van der Waals surface area contributed by atoms with Gasteiger partial charge >= 0.3 is 17.8 Å². The summed E-state index contributed by atoms with van der Waals surface area (Å²) >= 11 is 4.48. The van der Waals surface area contributed by atoms with Gasteiger partial charge in [-0.25, -0.2) is 10.2 Å². The third-order valence-corrected chi connectivity index (χ3v) is 5.81. The van der Waals surface area contributed by atoms with Crippen LogP contribution in [0.3, 0.4) is 0 Å². The van der Waals surface area contributed by atoms with Crippen molar-refractivity contribution in [3.8, 4) is 16.3 Å². The lowest BCUT2D eigenvalue weighted by molar-refractivity contribution is -0.136. The number of nitrogens with one attached hydrogen (secondary N) is 2. The van der Waals surface area contributed by atoms with Gasteiger partial charge in [-0.2, -0.15) is 5.10 Å². The summed E-state index contributed by atoms with van der Waals surface area (Å²) < 4.78 is 6.15. The van der Waals surface area contributed by atoms with Gasteiger partial charge in [0.2, 0.25) is 5.13 Å². The fourth-order valence-electron chi connectivity index (χ4n) is 2.78. The van der Waals surface area contributed by atoms with Crippen molar-refractivity contribution < 1.29 is 19.1 Å². The van der Waals surface area contributed by atoms with Crippen molar-refractivity contribution >= 4 is 56.4 Å². The van der Waals surface area contributed by atoms with Crippen LogP contribution in [0, 0.1) is 0 Å². The summed E-state index contributed by atoms with van der Waals surface area (Å²) in [6.45, 7) is 0. The maximum atomic E-state index is 12.4. The largest absolute Gasteiger partial charge is 0.422 e. The molecule has 35 heavy (non-hydrogen) atoms. The molecule has 2 N–H and O–H groups in total. The van der Waals surface area contributed by atoms with Gasteiger partial charge in [0.1, 0.15) is 10.8 Å². The van der Waals surface area contributed by atoms with E-state index in [9.17, 15) is 14.4 Å². The quantitative estimate of drug-likeness (QED) is 0.122. The molecule has 0 bridgehead atoms. The smallest absolute Gasteiger partial charge is 0.343 e. The molecule has 0 spiro atoms. The van der Waals surface area contributed by atoms with E-state index in [0.29, 0.717) is 20.6 Å². The van der Waals surface area contributed by atoms with Crippen molar-refractivity contribution in [2.24, 2.45) is 5.10 Å². The number of aromatic nitrogens is 2. The van der Waals surface area contributed by atoms with Gasteiger partial charge in [0, 0.05) is 15.6 Å². The molecule has 0 atom stereocenters. The second kappa shape index (κ2) is 11.3. The van der Waals surface area contributed by atoms with E-state index in [2.05, 4.69) is 42.0 Å². The predicted molar refractivity (Wildman–Crippen MR) is 135 cm³/mol. The molecular formula is C24H16BrN5O4S. The monoisotopic (exact) mass is 549 g/mol. The van der Waals surface area contributed by atoms with Crippen LogP contribution in [0.5, 0.6) is 5.75 Å². The highest BCUT2D eigenvalue weighted by atomic mass is 79.9. The topological polar surface area (TPSA) is 123 Å². The summed E-state index contributed by atoms with van der Waals surface area (Å²) in [5.41, 5.74) is 3.77. The van der Waals surface area contributed by atoms with Crippen molar-refractivity contribution in [1.29, 1.82) is 0 Å². The minimum atomic E-state index is -1.00. The van der Waals surface area contributed by atoms with E-state index in [0.717, 1.165) is 16.9 Å². The van der Waals surface area contributed by atoms with Crippen molar-refractivity contribution in [1.82, 2.24) is 15.6 Å². The summed E-state index contributed by atoms with van der Waals surface area (Å²) in [5, 5.41) is 14.9. The number of rotatable bonds is 6. The van der Waals surface area contributed by atoms with Gasteiger partial charge in [0.15, 0.2) is 0 Å². The van der Waals surface area contributed by atoms with E-state index in [1.165, 1.54) is 6.21 Å². The lowest BCUT2D eigenvalue weighted by Crippen LogP contribution is -2.32. The van der Waals surface area contributed by atoms with E-state index in [1.54, 1.807) is 48.5 Å². The van der Waals surface area contributed by atoms with Gasteiger partial charge < -0.3 is 4.74 Å². The lowest BCUT2D eigenvalue weighted by Gasteiger charge is -2.08. The molecule has 0 aliphatic carbocycles. The lowest BCUT2D eigenvalue weighted by atomic mass is 10.2. The fourth-order valence-corrected chi connectivity index (χ4v) is 3.91. The van der Waals surface area contributed by atoms with Gasteiger partial charge in [0.05, 0.1) is 11.8 Å². The minimum absolute atomic E-state index is 0.176. The Kier molecular flexibility index (Phi) is 7.70. The van der Waals surface area contributed by atoms with Gasteiger partial charge in [0.25, 0.3) is 0 Å². The first-order valence-electron chi connectivity index (χ1n) is 10.1. The van der Waals surface area contributed by atoms with Gasteiger partial charge in [-0.1, -0.05) is 75.8 Å². The molecule has 4 aromatic rings. The number of esters is 1. The number of hydrogen-bond acceptors (Lipinski definition) is 8. The van der Waals surface area contributed by atoms with Crippen LogP contribution in [0.2, 0.25) is 0 Å². The van der Waals surface area contributed by atoms with Crippen LogP contribution in [-0.4, -0.2) is 34.2 Å². The highest BCUT2D eigenvalue weighted by Crippen LogP contribution is 2.26. The second-order valence-electron chi connectivity index (χ2n) is 6.87. The normalized spacial score (nSPS) is 10.7. The molecule has 11 heteroatoms. The minimum Gasteiger partial charge on any atom is -0.422 e. The maximum Gasteiger partial charge on any atom is 0.343 e. The molecule has 1 aromatic heterocycles. The zero-order valence-corrected chi connectivity index (χ0v) is 20.2.